The average molecular weight is 309 g/mol. The van der Waals surface area contributed by atoms with E-state index in [2.05, 4.69) is 13.0 Å². The average Bonchev–Trinajstić information content (AvgIpc) is 2.59. The first-order valence-electron chi connectivity index (χ1n) is 7.77. The molecular weight excluding hydrogens is 290 g/mol. The van der Waals surface area contributed by atoms with Crippen molar-refractivity contribution in [3.63, 3.8) is 0 Å². The molecule has 0 saturated heterocycles. The quantitative estimate of drug-likeness (QED) is 0.815. The van der Waals surface area contributed by atoms with Crippen LogP contribution in [0, 0.1) is 0 Å². The molecular formula is C19H19NO3. The minimum absolute atomic E-state index is 0.0407. The molecule has 118 valence electrons. The zero-order chi connectivity index (χ0) is 16.2. The van der Waals surface area contributed by atoms with Crippen LogP contribution in [0.1, 0.15) is 29.3 Å². The Kier molecular flexibility index (Phi) is 4.42. The topological polar surface area (TPSA) is 46.6 Å². The van der Waals surface area contributed by atoms with E-state index in [4.69, 9.17) is 4.74 Å². The Morgan fingerprint density at radius 2 is 2.09 bits per heavy atom. The largest absolute Gasteiger partial charge is 0.484 e. The Bertz CT molecular complexity index is 726. The maximum absolute atomic E-state index is 12.6. The lowest BCUT2D eigenvalue weighted by molar-refractivity contribution is -0.121. The Labute approximate surface area is 135 Å². The summed E-state index contributed by atoms with van der Waals surface area (Å²) in [6.07, 6.45) is 2.70. The van der Waals surface area contributed by atoms with Gasteiger partial charge in [-0.15, -0.1) is 0 Å². The van der Waals surface area contributed by atoms with Crippen molar-refractivity contribution in [2.24, 2.45) is 0 Å². The van der Waals surface area contributed by atoms with Crippen LogP contribution in [-0.4, -0.2) is 24.8 Å². The molecule has 3 rings (SSSR count). The minimum Gasteiger partial charge on any atom is -0.484 e. The predicted molar refractivity (Wildman–Crippen MR) is 89.0 cm³/mol. The van der Waals surface area contributed by atoms with Crippen LogP contribution in [0.2, 0.25) is 0 Å². The summed E-state index contributed by atoms with van der Waals surface area (Å²) in [6.45, 7) is 2.02. The molecule has 0 fully saturated rings. The van der Waals surface area contributed by atoms with Crippen molar-refractivity contribution in [2.75, 3.05) is 11.5 Å². The van der Waals surface area contributed by atoms with Gasteiger partial charge in [-0.1, -0.05) is 30.3 Å². The highest BCUT2D eigenvalue weighted by Gasteiger charge is 2.28. The Balaban J connectivity index is 1.74. The highest BCUT2D eigenvalue weighted by molar-refractivity contribution is 5.96. The van der Waals surface area contributed by atoms with Crippen molar-refractivity contribution in [3.05, 3.63) is 59.7 Å². The van der Waals surface area contributed by atoms with Crippen molar-refractivity contribution < 1.29 is 14.3 Å². The fourth-order valence-corrected chi connectivity index (χ4v) is 2.96. The number of aldehydes is 1. The molecule has 2 aromatic rings. The maximum atomic E-state index is 12.6. The first-order valence-corrected chi connectivity index (χ1v) is 7.77. The molecule has 0 spiro atoms. The maximum Gasteiger partial charge on any atom is 0.265 e. The second kappa shape index (κ2) is 6.65. The number of para-hydroxylation sites is 1. The lowest BCUT2D eigenvalue weighted by Gasteiger charge is -2.35. The first kappa shape index (κ1) is 15.3. The molecule has 1 aliphatic heterocycles. The van der Waals surface area contributed by atoms with Crippen LogP contribution >= 0.6 is 0 Å². The third kappa shape index (κ3) is 3.26. The van der Waals surface area contributed by atoms with Gasteiger partial charge in [0.2, 0.25) is 0 Å². The van der Waals surface area contributed by atoms with Gasteiger partial charge in [0.05, 0.1) is 0 Å². The number of carbonyl (C=O) groups excluding carboxylic acids is 2. The van der Waals surface area contributed by atoms with E-state index in [0.717, 1.165) is 24.8 Å². The summed E-state index contributed by atoms with van der Waals surface area (Å²) in [7, 11) is 0. The molecule has 0 bridgehead atoms. The van der Waals surface area contributed by atoms with Crippen molar-refractivity contribution in [1.82, 2.24) is 0 Å². The number of aryl methyl sites for hydroxylation is 1. The molecule has 0 N–H and O–H groups in total. The van der Waals surface area contributed by atoms with E-state index in [0.29, 0.717) is 11.3 Å². The number of hydrogen-bond donors (Lipinski definition) is 0. The highest BCUT2D eigenvalue weighted by Crippen LogP contribution is 2.30. The molecule has 1 atom stereocenters. The molecule has 1 amide bonds. The van der Waals surface area contributed by atoms with E-state index in [1.165, 1.54) is 5.56 Å². The standard InChI is InChI=1S/C19H19NO3/c1-14-9-10-16-6-2-3-8-18(16)20(14)19(22)13-23-17-7-4-5-15(11-17)12-21/h2-8,11-12,14H,9-10,13H2,1H3. The number of benzene rings is 2. The summed E-state index contributed by atoms with van der Waals surface area (Å²) in [4.78, 5) is 25.2. The molecule has 4 heteroatoms. The number of carbonyl (C=O) groups is 2. The molecule has 23 heavy (non-hydrogen) atoms. The fraction of sp³-hybridized carbons (Fsp3) is 0.263. The van der Waals surface area contributed by atoms with E-state index < -0.39 is 0 Å². The Morgan fingerprint density at radius 3 is 2.91 bits per heavy atom. The summed E-state index contributed by atoms with van der Waals surface area (Å²) in [5.74, 6) is 0.460. The van der Waals surface area contributed by atoms with E-state index in [1.807, 2.05) is 23.1 Å². The number of nitrogens with zero attached hydrogens (tertiary/aromatic N) is 1. The van der Waals surface area contributed by atoms with Gasteiger partial charge in [0.25, 0.3) is 5.91 Å². The number of hydrogen-bond acceptors (Lipinski definition) is 3. The normalized spacial score (nSPS) is 16.6. The predicted octanol–water partition coefficient (Wildman–Crippen LogP) is 3.25. The summed E-state index contributed by atoms with van der Waals surface area (Å²) in [5.41, 5.74) is 2.70. The van der Waals surface area contributed by atoms with Crippen LogP contribution in [0.15, 0.2) is 48.5 Å². The molecule has 0 aromatic heterocycles. The second-order valence-corrected chi connectivity index (χ2v) is 5.76. The van der Waals surface area contributed by atoms with Crippen LogP contribution in [0.4, 0.5) is 5.69 Å². The molecule has 1 unspecified atom stereocenters. The number of anilines is 1. The van der Waals surface area contributed by atoms with Crippen LogP contribution in [0.3, 0.4) is 0 Å². The van der Waals surface area contributed by atoms with Gasteiger partial charge in [0.15, 0.2) is 6.61 Å². The Morgan fingerprint density at radius 1 is 1.26 bits per heavy atom. The fourth-order valence-electron chi connectivity index (χ4n) is 2.96. The molecule has 1 aliphatic rings. The van der Waals surface area contributed by atoms with Gasteiger partial charge in [0, 0.05) is 17.3 Å². The van der Waals surface area contributed by atoms with Gasteiger partial charge in [-0.05, 0) is 43.5 Å². The number of ether oxygens (including phenoxy) is 1. The SMILES string of the molecule is CC1CCc2ccccc2N1C(=O)COc1cccc(C=O)c1. The number of rotatable bonds is 4. The van der Waals surface area contributed by atoms with Crippen molar-refractivity contribution in [1.29, 1.82) is 0 Å². The molecule has 4 nitrogen and oxygen atoms in total. The zero-order valence-electron chi connectivity index (χ0n) is 13.1. The van der Waals surface area contributed by atoms with Gasteiger partial charge in [-0.25, -0.2) is 0 Å². The van der Waals surface area contributed by atoms with Gasteiger partial charge in [0.1, 0.15) is 12.0 Å². The van der Waals surface area contributed by atoms with Crippen LogP contribution in [-0.2, 0) is 11.2 Å². The third-order valence-electron chi connectivity index (χ3n) is 4.15. The minimum atomic E-state index is -0.0684. The van der Waals surface area contributed by atoms with Crippen molar-refractivity contribution in [3.8, 4) is 5.75 Å². The van der Waals surface area contributed by atoms with Crippen molar-refractivity contribution in [2.45, 2.75) is 25.8 Å². The smallest absolute Gasteiger partial charge is 0.265 e. The van der Waals surface area contributed by atoms with Gasteiger partial charge >= 0.3 is 0 Å². The molecule has 0 radical (unpaired) electrons. The number of amides is 1. The van der Waals surface area contributed by atoms with Gasteiger partial charge < -0.3 is 9.64 Å². The number of fused-ring (bicyclic) bond motifs is 1. The van der Waals surface area contributed by atoms with E-state index in [9.17, 15) is 9.59 Å². The van der Waals surface area contributed by atoms with Crippen LogP contribution in [0.5, 0.6) is 5.75 Å². The van der Waals surface area contributed by atoms with Crippen LogP contribution < -0.4 is 9.64 Å². The third-order valence-corrected chi connectivity index (χ3v) is 4.15. The first-order chi connectivity index (χ1) is 11.2. The van der Waals surface area contributed by atoms with Crippen LogP contribution in [0.25, 0.3) is 0 Å². The lowest BCUT2D eigenvalue weighted by atomic mass is 9.96. The summed E-state index contributed by atoms with van der Waals surface area (Å²) >= 11 is 0. The van der Waals surface area contributed by atoms with Gasteiger partial charge in [-0.2, -0.15) is 0 Å². The monoisotopic (exact) mass is 309 g/mol. The second-order valence-electron chi connectivity index (χ2n) is 5.76. The Hall–Kier alpha value is -2.62. The van der Waals surface area contributed by atoms with E-state index >= 15 is 0 Å². The summed E-state index contributed by atoms with van der Waals surface area (Å²) in [6, 6.07) is 15.0. The zero-order valence-corrected chi connectivity index (χ0v) is 13.1. The van der Waals surface area contributed by atoms with E-state index in [1.54, 1.807) is 24.3 Å². The summed E-state index contributed by atoms with van der Waals surface area (Å²) in [5, 5.41) is 0. The molecule has 0 saturated carbocycles. The van der Waals surface area contributed by atoms with Crippen molar-refractivity contribution >= 4 is 17.9 Å². The van der Waals surface area contributed by atoms with E-state index in [-0.39, 0.29) is 18.6 Å². The van der Waals surface area contributed by atoms with Gasteiger partial charge in [-0.3, -0.25) is 9.59 Å². The lowest BCUT2D eigenvalue weighted by Crippen LogP contribution is -2.44. The summed E-state index contributed by atoms with van der Waals surface area (Å²) < 4.78 is 5.58. The molecule has 1 heterocycles. The molecule has 0 aliphatic carbocycles. The molecule has 2 aromatic carbocycles. The highest BCUT2D eigenvalue weighted by atomic mass is 16.5.